The summed E-state index contributed by atoms with van der Waals surface area (Å²) in [6, 6.07) is 0.298. The van der Waals surface area contributed by atoms with Gasteiger partial charge in [-0.05, 0) is 37.6 Å². The van der Waals surface area contributed by atoms with Crippen LogP contribution in [0, 0.1) is 11.8 Å². The van der Waals surface area contributed by atoms with Crippen molar-refractivity contribution in [3.8, 4) is 0 Å². The molecular formula is C13H22N4O2. The van der Waals surface area contributed by atoms with Crippen molar-refractivity contribution in [3.63, 3.8) is 0 Å². The molecule has 6 nitrogen and oxygen atoms in total. The maximum Gasteiger partial charge on any atom is 0.292 e. The summed E-state index contributed by atoms with van der Waals surface area (Å²) in [5.41, 5.74) is 5.74. The molecule has 0 saturated heterocycles. The second-order valence-corrected chi connectivity index (χ2v) is 5.69. The van der Waals surface area contributed by atoms with Crippen molar-refractivity contribution in [2.45, 2.75) is 45.6 Å². The average molecular weight is 266 g/mol. The minimum atomic E-state index is -0.245. The van der Waals surface area contributed by atoms with Gasteiger partial charge in [-0.3, -0.25) is 4.79 Å². The Bertz CT molecular complexity index is 426. The minimum absolute atomic E-state index is 0.127. The number of aromatic nitrogens is 2. The predicted octanol–water partition coefficient (Wildman–Crippen LogP) is 1.13. The highest BCUT2D eigenvalue weighted by molar-refractivity contribution is 5.90. The van der Waals surface area contributed by atoms with Crippen molar-refractivity contribution in [1.82, 2.24) is 15.5 Å². The summed E-state index contributed by atoms with van der Waals surface area (Å²) in [5, 5.41) is 6.56. The number of carbonyl (C=O) groups excluding carboxylic acids is 1. The molecule has 1 aliphatic carbocycles. The molecule has 19 heavy (non-hydrogen) atoms. The molecule has 2 rings (SSSR count). The molecule has 1 saturated carbocycles. The van der Waals surface area contributed by atoms with Crippen molar-refractivity contribution in [2.75, 3.05) is 6.54 Å². The van der Waals surface area contributed by atoms with Crippen LogP contribution in [-0.4, -0.2) is 28.6 Å². The third kappa shape index (κ3) is 4.31. The molecule has 1 aliphatic rings. The Balaban J connectivity index is 1.89. The molecular weight excluding hydrogens is 244 g/mol. The van der Waals surface area contributed by atoms with Gasteiger partial charge in [0.2, 0.25) is 5.89 Å². The van der Waals surface area contributed by atoms with Gasteiger partial charge in [0.15, 0.2) is 0 Å². The van der Waals surface area contributed by atoms with E-state index in [2.05, 4.69) is 29.3 Å². The lowest BCUT2D eigenvalue weighted by molar-refractivity contribution is 0.0937. The van der Waals surface area contributed by atoms with Gasteiger partial charge in [-0.2, -0.15) is 4.98 Å². The van der Waals surface area contributed by atoms with E-state index < -0.39 is 0 Å². The number of rotatable bonds is 7. The average Bonchev–Trinajstić information content (AvgIpc) is 3.04. The van der Waals surface area contributed by atoms with Crippen LogP contribution >= 0.6 is 0 Å². The van der Waals surface area contributed by atoms with E-state index in [0.717, 1.165) is 19.3 Å². The molecule has 0 aromatic carbocycles. The van der Waals surface area contributed by atoms with Gasteiger partial charge in [-0.1, -0.05) is 19.0 Å². The number of nitrogens with zero attached hydrogens (tertiary/aromatic N) is 2. The highest BCUT2D eigenvalue weighted by Crippen LogP contribution is 2.19. The molecule has 1 fully saturated rings. The van der Waals surface area contributed by atoms with E-state index in [0.29, 0.717) is 36.7 Å². The molecule has 3 N–H and O–H groups in total. The van der Waals surface area contributed by atoms with E-state index >= 15 is 0 Å². The van der Waals surface area contributed by atoms with Gasteiger partial charge in [-0.15, -0.1) is 0 Å². The van der Waals surface area contributed by atoms with Crippen molar-refractivity contribution in [1.29, 1.82) is 0 Å². The first-order chi connectivity index (χ1) is 9.08. The fourth-order valence-corrected chi connectivity index (χ4v) is 2.08. The van der Waals surface area contributed by atoms with Gasteiger partial charge in [0.25, 0.3) is 11.7 Å². The molecule has 0 bridgehead atoms. The van der Waals surface area contributed by atoms with Crippen molar-refractivity contribution in [2.24, 2.45) is 17.6 Å². The smallest absolute Gasteiger partial charge is 0.292 e. The Morgan fingerprint density at radius 2 is 2.26 bits per heavy atom. The van der Waals surface area contributed by atoms with Crippen LogP contribution in [0.3, 0.4) is 0 Å². The largest absolute Gasteiger partial charge is 0.346 e. The van der Waals surface area contributed by atoms with Crippen LogP contribution in [0.2, 0.25) is 0 Å². The molecule has 0 aliphatic heterocycles. The number of nitrogens with one attached hydrogen (secondary N) is 1. The van der Waals surface area contributed by atoms with Gasteiger partial charge in [0, 0.05) is 12.5 Å². The van der Waals surface area contributed by atoms with Crippen LogP contribution < -0.4 is 11.1 Å². The topological polar surface area (TPSA) is 94.0 Å². The predicted molar refractivity (Wildman–Crippen MR) is 70.5 cm³/mol. The lowest BCUT2D eigenvalue weighted by Gasteiger charge is -2.14. The Labute approximate surface area is 113 Å². The second kappa shape index (κ2) is 6.14. The van der Waals surface area contributed by atoms with Crippen molar-refractivity contribution >= 4 is 5.91 Å². The van der Waals surface area contributed by atoms with E-state index in [9.17, 15) is 4.79 Å². The minimum Gasteiger partial charge on any atom is -0.346 e. The van der Waals surface area contributed by atoms with E-state index in [4.69, 9.17) is 10.3 Å². The molecule has 0 spiro atoms. The van der Waals surface area contributed by atoms with Crippen LogP contribution in [0.4, 0.5) is 0 Å². The highest BCUT2D eigenvalue weighted by Gasteiger charge is 2.26. The van der Waals surface area contributed by atoms with Gasteiger partial charge < -0.3 is 15.6 Å². The Hall–Kier alpha value is -1.43. The maximum absolute atomic E-state index is 11.7. The fraction of sp³-hybridized carbons (Fsp3) is 0.769. The lowest BCUT2D eigenvalue weighted by Crippen LogP contribution is -2.26. The maximum atomic E-state index is 11.7. The van der Waals surface area contributed by atoms with E-state index in [-0.39, 0.29) is 11.7 Å². The molecule has 6 heteroatoms. The van der Waals surface area contributed by atoms with Gasteiger partial charge in [0.05, 0.1) is 0 Å². The molecule has 1 aromatic rings. The Morgan fingerprint density at radius 1 is 1.53 bits per heavy atom. The first kappa shape index (κ1) is 14.0. The number of hydrogen-bond acceptors (Lipinski definition) is 5. The first-order valence-electron chi connectivity index (χ1n) is 6.92. The normalized spacial score (nSPS) is 16.6. The quantitative estimate of drug-likeness (QED) is 0.771. The van der Waals surface area contributed by atoms with Crippen LogP contribution in [0.15, 0.2) is 4.52 Å². The third-order valence-corrected chi connectivity index (χ3v) is 3.19. The van der Waals surface area contributed by atoms with Crippen LogP contribution in [0.1, 0.15) is 49.6 Å². The number of hydrogen-bond donors (Lipinski definition) is 2. The highest BCUT2D eigenvalue weighted by atomic mass is 16.5. The molecule has 0 unspecified atom stereocenters. The molecule has 1 heterocycles. The summed E-state index contributed by atoms with van der Waals surface area (Å²) >= 11 is 0. The Morgan fingerprint density at radius 3 is 2.84 bits per heavy atom. The molecule has 1 amide bonds. The summed E-state index contributed by atoms with van der Waals surface area (Å²) in [7, 11) is 0. The number of nitrogens with two attached hydrogens (primary N) is 1. The van der Waals surface area contributed by atoms with Gasteiger partial charge >= 0.3 is 0 Å². The zero-order valence-corrected chi connectivity index (χ0v) is 11.6. The van der Waals surface area contributed by atoms with E-state index in [1.165, 1.54) is 0 Å². The van der Waals surface area contributed by atoms with Crippen LogP contribution in [-0.2, 0) is 6.42 Å². The van der Waals surface area contributed by atoms with E-state index in [1.54, 1.807) is 0 Å². The van der Waals surface area contributed by atoms with Crippen molar-refractivity contribution < 1.29 is 9.32 Å². The molecule has 1 aromatic heterocycles. The van der Waals surface area contributed by atoms with E-state index in [1.807, 2.05) is 0 Å². The van der Waals surface area contributed by atoms with Crippen molar-refractivity contribution in [3.05, 3.63) is 11.7 Å². The fourth-order valence-electron chi connectivity index (χ4n) is 2.08. The second-order valence-electron chi connectivity index (χ2n) is 5.69. The van der Waals surface area contributed by atoms with Crippen LogP contribution in [0.25, 0.3) is 0 Å². The van der Waals surface area contributed by atoms with Gasteiger partial charge in [0.1, 0.15) is 0 Å². The summed E-state index contributed by atoms with van der Waals surface area (Å²) < 4.78 is 5.12. The first-order valence-corrected chi connectivity index (χ1v) is 6.92. The summed E-state index contributed by atoms with van der Waals surface area (Å²) in [6.07, 6.45) is 3.74. The summed E-state index contributed by atoms with van der Waals surface area (Å²) in [4.78, 5) is 15.9. The van der Waals surface area contributed by atoms with Gasteiger partial charge in [-0.25, -0.2) is 0 Å². The molecule has 0 radical (unpaired) electrons. The summed E-state index contributed by atoms with van der Waals surface area (Å²) in [6.45, 7) is 4.90. The zero-order valence-electron chi connectivity index (χ0n) is 11.6. The lowest BCUT2D eigenvalue weighted by atomic mass is 9.94. The van der Waals surface area contributed by atoms with Crippen LogP contribution in [0.5, 0.6) is 0 Å². The number of amides is 1. The monoisotopic (exact) mass is 266 g/mol. The Kier molecular flexibility index (Phi) is 4.52. The molecule has 1 atom stereocenters. The zero-order chi connectivity index (χ0) is 13.8. The SMILES string of the molecule is CC(C)C[C@H](CN)Cc1nc(C(=O)NC2CC2)no1. The third-order valence-electron chi connectivity index (χ3n) is 3.19. The molecule has 106 valence electrons. The number of carbonyl (C=O) groups is 1. The summed E-state index contributed by atoms with van der Waals surface area (Å²) in [5.74, 6) is 1.28. The standard InChI is InChI=1S/C13H22N4O2/c1-8(2)5-9(7-14)6-11-16-12(17-19-11)13(18)15-10-3-4-10/h8-10H,3-7,14H2,1-2H3,(H,15,18)/t9-/m0/s1.